The van der Waals surface area contributed by atoms with Gasteiger partial charge in [0.2, 0.25) is 5.91 Å². The molecule has 7 nitrogen and oxygen atoms in total. The Hall–Kier alpha value is -3.54. The summed E-state index contributed by atoms with van der Waals surface area (Å²) in [5, 5.41) is 22.8. The molecule has 0 spiro atoms. The summed E-state index contributed by atoms with van der Waals surface area (Å²) in [6.07, 6.45) is 0.212. The van der Waals surface area contributed by atoms with Crippen LogP contribution in [0, 0.1) is 33.1 Å². The number of carbonyl (C=O) groups excluding carboxylic acids is 1. The lowest BCUT2D eigenvalue weighted by Crippen LogP contribution is -2.34. The number of carbonyl (C=O) groups is 1. The molecule has 0 aliphatic carbocycles. The van der Waals surface area contributed by atoms with Crippen LogP contribution in [0.3, 0.4) is 0 Å². The van der Waals surface area contributed by atoms with E-state index in [1.165, 1.54) is 18.2 Å². The molecule has 1 fully saturated rings. The molecule has 1 saturated heterocycles. The Labute approximate surface area is 146 Å². The van der Waals surface area contributed by atoms with E-state index in [9.17, 15) is 23.7 Å². The normalized spacial score (nSPS) is 16.4. The molecule has 3 rings (SSSR count). The number of nitrogens with one attached hydrogen (secondary N) is 1. The highest BCUT2D eigenvalue weighted by Gasteiger charge is 2.36. The number of nitriles is 1. The number of hydrogen-bond donors (Lipinski definition) is 1. The van der Waals surface area contributed by atoms with Gasteiger partial charge in [-0.2, -0.15) is 5.26 Å². The van der Waals surface area contributed by atoms with Gasteiger partial charge in [-0.3, -0.25) is 14.9 Å². The van der Waals surface area contributed by atoms with E-state index in [1.54, 1.807) is 6.07 Å². The minimum Gasteiger partial charge on any atom is -0.368 e. The molecular weight excluding hydrogens is 346 g/mol. The molecule has 0 radical (unpaired) electrons. The van der Waals surface area contributed by atoms with Gasteiger partial charge in [0.05, 0.1) is 16.6 Å². The SMILES string of the molecule is N#Cc1ccc(NC2CCN(c3c(F)cccc3F)C2=O)c([N+](=O)[O-])c1. The van der Waals surface area contributed by atoms with Crippen LogP contribution in [-0.4, -0.2) is 23.4 Å². The topological polar surface area (TPSA) is 99.3 Å². The highest BCUT2D eigenvalue weighted by molar-refractivity contribution is 6.01. The van der Waals surface area contributed by atoms with E-state index in [0.717, 1.165) is 23.1 Å². The summed E-state index contributed by atoms with van der Waals surface area (Å²) in [6.45, 7) is 0.0679. The zero-order valence-electron chi connectivity index (χ0n) is 13.3. The van der Waals surface area contributed by atoms with Crippen molar-refractivity contribution in [1.29, 1.82) is 5.26 Å². The molecule has 1 aliphatic rings. The fraction of sp³-hybridized carbons (Fsp3) is 0.176. The summed E-state index contributed by atoms with van der Waals surface area (Å²) in [5.74, 6) is -2.31. The maximum Gasteiger partial charge on any atom is 0.293 e. The molecule has 1 unspecified atom stereocenters. The Morgan fingerprint density at radius 2 is 1.96 bits per heavy atom. The van der Waals surface area contributed by atoms with Crippen molar-refractivity contribution in [1.82, 2.24) is 0 Å². The van der Waals surface area contributed by atoms with E-state index < -0.39 is 34.2 Å². The van der Waals surface area contributed by atoms with Gasteiger partial charge in [0.25, 0.3) is 5.69 Å². The highest BCUT2D eigenvalue weighted by atomic mass is 19.1. The van der Waals surface area contributed by atoms with Crippen molar-refractivity contribution in [3.05, 3.63) is 63.7 Å². The van der Waals surface area contributed by atoms with Crippen LogP contribution in [-0.2, 0) is 4.79 Å². The van der Waals surface area contributed by atoms with Crippen LogP contribution >= 0.6 is 0 Å². The van der Waals surface area contributed by atoms with Crippen molar-refractivity contribution in [2.75, 3.05) is 16.8 Å². The van der Waals surface area contributed by atoms with Gasteiger partial charge in [0.15, 0.2) is 0 Å². The largest absolute Gasteiger partial charge is 0.368 e. The number of nitro groups is 1. The fourth-order valence-electron chi connectivity index (χ4n) is 2.84. The number of anilines is 2. The summed E-state index contributed by atoms with van der Waals surface area (Å²) in [4.78, 5) is 24.0. The summed E-state index contributed by atoms with van der Waals surface area (Å²) in [7, 11) is 0. The molecule has 1 amide bonds. The van der Waals surface area contributed by atoms with Crippen molar-refractivity contribution in [2.45, 2.75) is 12.5 Å². The first-order valence-corrected chi connectivity index (χ1v) is 7.63. The van der Waals surface area contributed by atoms with Gasteiger partial charge >= 0.3 is 0 Å². The second kappa shape index (κ2) is 6.76. The minimum atomic E-state index is -0.874. The highest BCUT2D eigenvalue weighted by Crippen LogP contribution is 2.31. The Kier molecular flexibility index (Phi) is 4.49. The lowest BCUT2D eigenvalue weighted by atomic mass is 10.1. The summed E-state index contributed by atoms with van der Waals surface area (Å²) in [6, 6.07) is 8.03. The average Bonchev–Trinajstić information content (AvgIpc) is 2.96. The third kappa shape index (κ3) is 3.04. The summed E-state index contributed by atoms with van der Waals surface area (Å²) >= 11 is 0. The smallest absolute Gasteiger partial charge is 0.293 e. The van der Waals surface area contributed by atoms with Crippen molar-refractivity contribution < 1.29 is 18.5 Å². The van der Waals surface area contributed by atoms with Crippen LogP contribution in [0.25, 0.3) is 0 Å². The van der Waals surface area contributed by atoms with Gasteiger partial charge in [-0.15, -0.1) is 0 Å². The van der Waals surface area contributed by atoms with Crippen LogP contribution in [0.2, 0.25) is 0 Å². The Morgan fingerprint density at radius 3 is 2.58 bits per heavy atom. The van der Waals surface area contributed by atoms with Crippen molar-refractivity contribution >= 4 is 23.0 Å². The number of benzene rings is 2. The average molecular weight is 358 g/mol. The first-order valence-electron chi connectivity index (χ1n) is 7.63. The van der Waals surface area contributed by atoms with Gasteiger partial charge in [-0.1, -0.05) is 6.07 Å². The molecule has 1 atom stereocenters. The molecule has 0 bridgehead atoms. The monoisotopic (exact) mass is 358 g/mol. The van der Waals surface area contributed by atoms with Crippen LogP contribution in [0.5, 0.6) is 0 Å². The molecule has 2 aromatic rings. The Morgan fingerprint density at radius 1 is 1.27 bits per heavy atom. The Balaban J connectivity index is 1.86. The lowest BCUT2D eigenvalue weighted by molar-refractivity contribution is -0.384. The third-order valence-electron chi connectivity index (χ3n) is 4.07. The molecule has 0 saturated carbocycles. The first-order chi connectivity index (χ1) is 12.4. The van der Waals surface area contributed by atoms with Crippen molar-refractivity contribution in [3.8, 4) is 6.07 Å². The number of rotatable bonds is 4. The van der Waals surface area contributed by atoms with Crippen LogP contribution < -0.4 is 10.2 Å². The van der Waals surface area contributed by atoms with Gasteiger partial charge < -0.3 is 10.2 Å². The molecular formula is C17H12F2N4O3. The molecule has 0 aromatic heterocycles. The van der Waals surface area contributed by atoms with E-state index in [-0.39, 0.29) is 29.9 Å². The zero-order chi connectivity index (χ0) is 18.8. The lowest BCUT2D eigenvalue weighted by Gasteiger charge is -2.19. The molecule has 132 valence electrons. The summed E-state index contributed by atoms with van der Waals surface area (Å²) in [5.41, 5.74) is -0.623. The van der Waals surface area contributed by atoms with E-state index in [4.69, 9.17) is 5.26 Å². The van der Waals surface area contributed by atoms with E-state index in [1.807, 2.05) is 0 Å². The number of para-hydroxylation sites is 1. The molecule has 9 heteroatoms. The maximum absolute atomic E-state index is 13.9. The second-order valence-corrected chi connectivity index (χ2v) is 5.65. The minimum absolute atomic E-state index is 0.0585. The van der Waals surface area contributed by atoms with Crippen LogP contribution in [0.15, 0.2) is 36.4 Å². The molecule has 2 aromatic carbocycles. The second-order valence-electron chi connectivity index (χ2n) is 5.65. The van der Waals surface area contributed by atoms with E-state index in [2.05, 4.69) is 5.32 Å². The van der Waals surface area contributed by atoms with Gasteiger partial charge in [0, 0.05) is 12.6 Å². The molecule has 1 aliphatic heterocycles. The predicted molar refractivity (Wildman–Crippen MR) is 88.6 cm³/mol. The van der Waals surface area contributed by atoms with Gasteiger partial charge in [-0.05, 0) is 30.7 Å². The van der Waals surface area contributed by atoms with Gasteiger partial charge in [0.1, 0.15) is 29.1 Å². The number of hydrogen-bond acceptors (Lipinski definition) is 5. The van der Waals surface area contributed by atoms with Crippen LogP contribution in [0.1, 0.15) is 12.0 Å². The molecule has 1 N–H and O–H groups in total. The van der Waals surface area contributed by atoms with Gasteiger partial charge in [-0.25, -0.2) is 8.78 Å². The number of amides is 1. The van der Waals surface area contributed by atoms with E-state index >= 15 is 0 Å². The standard InChI is InChI=1S/C17H12F2N4O3/c18-11-2-1-3-12(19)16(11)22-7-6-14(17(22)24)21-13-5-4-10(9-20)8-15(13)23(25)26/h1-5,8,14,21H,6-7H2. The number of nitrogens with zero attached hydrogens (tertiary/aromatic N) is 3. The number of nitro benzene ring substituents is 1. The predicted octanol–water partition coefficient (Wildman–Crippen LogP) is 2.96. The quantitative estimate of drug-likeness (QED) is 0.669. The first kappa shape index (κ1) is 17.3. The zero-order valence-corrected chi connectivity index (χ0v) is 13.3. The van der Waals surface area contributed by atoms with E-state index in [0.29, 0.717) is 0 Å². The Bertz CT molecular complexity index is 922. The van der Waals surface area contributed by atoms with Crippen LogP contribution in [0.4, 0.5) is 25.8 Å². The number of halogens is 2. The molecule has 26 heavy (non-hydrogen) atoms. The summed E-state index contributed by atoms with van der Waals surface area (Å²) < 4.78 is 27.8. The third-order valence-corrected chi connectivity index (χ3v) is 4.07. The van der Waals surface area contributed by atoms with Crippen molar-refractivity contribution in [3.63, 3.8) is 0 Å². The maximum atomic E-state index is 13.9. The fourth-order valence-corrected chi connectivity index (χ4v) is 2.84. The molecule has 1 heterocycles. The van der Waals surface area contributed by atoms with Crippen molar-refractivity contribution in [2.24, 2.45) is 0 Å².